The van der Waals surface area contributed by atoms with Gasteiger partial charge in [-0.05, 0) is 96.1 Å². The molecular weight excluding hydrogens is 769 g/mol. The number of methoxy groups -OCH3 is 4. The molecule has 13 heteroatoms. The number of ether oxygens (including phenoxy) is 6. The summed E-state index contributed by atoms with van der Waals surface area (Å²) in [5.41, 5.74) is 10.2. The maximum atomic E-state index is 12.9. The first-order valence-corrected chi connectivity index (χ1v) is 19.7. The first-order valence-electron chi connectivity index (χ1n) is 18.2. The van der Waals surface area contributed by atoms with Crippen molar-refractivity contribution in [1.29, 1.82) is 0 Å². The lowest BCUT2D eigenvalue weighted by atomic mass is 10.1. The number of nitrogens with zero attached hydrogens (tertiary/aromatic N) is 2. The molecule has 0 aliphatic rings. The zero-order chi connectivity index (χ0) is 41.4. The highest BCUT2D eigenvalue weighted by Crippen LogP contribution is 2.38. The number of pyridine rings is 2. The molecule has 12 nitrogen and oxygen atoms in total. The fraction of sp³-hybridized carbons (Fsp3) is 0.0870. The second kappa shape index (κ2) is 17.7. The molecule has 0 aliphatic carbocycles. The average molecular weight is 809 g/mol. The van der Waals surface area contributed by atoms with Crippen molar-refractivity contribution in [2.75, 3.05) is 38.9 Å². The Morgan fingerprint density at radius 1 is 0.492 bits per heavy atom. The van der Waals surface area contributed by atoms with Gasteiger partial charge in [0.25, 0.3) is 10.0 Å². The van der Waals surface area contributed by atoms with Crippen LogP contribution in [0.5, 0.6) is 46.0 Å². The van der Waals surface area contributed by atoms with Crippen molar-refractivity contribution in [1.82, 2.24) is 9.97 Å². The Morgan fingerprint density at radius 3 is 1.41 bits per heavy atom. The molecule has 0 atom stereocenters. The standard InChI is InChI=1S/C29H24N2O5S.C17H16N2O3/c1-34-28-18-25-26(19-29(28)35-2)30-17-16-27(25)36-23-12-10-22(11-13-23)31-37(32,33)24-14-8-21(9-15-24)20-6-4-3-5-7-20;1-20-16-9-13-14(10-17(16)21-2)19-8-7-15(13)22-12-5-3-11(18)4-6-12/h3-19,31H,1-2H3;3-10H,18H2,1-2H3. The predicted molar refractivity (Wildman–Crippen MR) is 230 cm³/mol. The van der Waals surface area contributed by atoms with Gasteiger partial charge in [0.15, 0.2) is 23.0 Å². The van der Waals surface area contributed by atoms with Crippen LogP contribution >= 0.6 is 0 Å². The van der Waals surface area contributed by atoms with Gasteiger partial charge in [-0.15, -0.1) is 0 Å². The summed E-state index contributed by atoms with van der Waals surface area (Å²) in [5, 5.41) is 1.60. The van der Waals surface area contributed by atoms with Crippen LogP contribution < -0.4 is 38.9 Å². The van der Waals surface area contributed by atoms with E-state index in [4.69, 9.17) is 34.2 Å². The molecule has 8 aromatic rings. The number of sulfonamides is 1. The van der Waals surface area contributed by atoms with Crippen LogP contribution in [0.1, 0.15) is 0 Å². The van der Waals surface area contributed by atoms with Crippen molar-refractivity contribution in [3.63, 3.8) is 0 Å². The zero-order valence-electron chi connectivity index (χ0n) is 32.6. The number of aromatic nitrogens is 2. The fourth-order valence-electron chi connectivity index (χ4n) is 6.12. The van der Waals surface area contributed by atoms with Gasteiger partial charge in [0, 0.05) is 46.7 Å². The number of nitrogens with two attached hydrogens (primary N) is 1. The minimum absolute atomic E-state index is 0.181. The lowest BCUT2D eigenvalue weighted by Gasteiger charge is -2.13. The second-order valence-electron chi connectivity index (χ2n) is 12.9. The zero-order valence-corrected chi connectivity index (χ0v) is 33.4. The SMILES string of the molecule is COc1cc2nccc(Oc3ccc(N)cc3)c2cc1OC.COc1cc2nccc(Oc3ccc(NS(=O)(=O)c4ccc(-c5ccccc5)cc4)cc3)c2cc1OC. The van der Waals surface area contributed by atoms with Crippen LogP contribution in [0, 0.1) is 0 Å². The van der Waals surface area contributed by atoms with Gasteiger partial charge in [0.2, 0.25) is 0 Å². The molecule has 0 aliphatic heterocycles. The van der Waals surface area contributed by atoms with Crippen molar-refractivity contribution in [3.8, 4) is 57.1 Å². The minimum atomic E-state index is -3.75. The molecule has 8 rings (SSSR count). The first kappa shape index (κ1) is 39.7. The Bertz CT molecular complexity index is 2810. The molecule has 0 fully saturated rings. The van der Waals surface area contributed by atoms with Crippen molar-refractivity contribution in [2.45, 2.75) is 4.90 Å². The summed E-state index contributed by atoms with van der Waals surface area (Å²) in [6.45, 7) is 0. The summed E-state index contributed by atoms with van der Waals surface area (Å²) in [6, 6.07) is 41.3. The third-order valence-electron chi connectivity index (χ3n) is 9.13. The van der Waals surface area contributed by atoms with Crippen LogP contribution in [-0.4, -0.2) is 46.8 Å². The van der Waals surface area contributed by atoms with E-state index in [9.17, 15) is 8.42 Å². The Morgan fingerprint density at radius 2 is 0.932 bits per heavy atom. The topological polar surface area (TPSA) is 153 Å². The molecule has 0 amide bonds. The molecular formula is C46H40N4O8S. The molecule has 0 saturated heterocycles. The minimum Gasteiger partial charge on any atom is -0.493 e. The Kier molecular flexibility index (Phi) is 11.9. The van der Waals surface area contributed by atoms with E-state index in [-0.39, 0.29) is 4.90 Å². The summed E-state index contributed by atoms with van der Waals surface area (Å²) in [5.74, 6) is 4.92. The molecule has 0 saturated carbocycles. The maximum Gasteiger partial charge on any atom is 0.261 e. The summed E-state index contributed by atoms with van der Waals surface area (Å²) >= 11 is 0. The van der Waals surface area contributed by atoms with Crippen LogP contribution in [0.3, 0.4) is 0 Å². The van der Waals surface area contributed by atoms with Crippen LogP contribution in [-0.2, 0) is 10.0 Å². The number of hydrogen-bond donors (Lipinski definition) is 2. The van der Waals surface area contributed by atoms with Crippen LogP contribution in [0.15, 0.2) is 157 Å². The van der Waals surface area contributed by atoms with E-state index < -0.39 is 10.0 Å². The number of fused-ring (bicyclic) bond motifs is 2. The van der Waals surface area contributed by atoms with Gasteiger partial charge in [-0.25, -0.2) is 8.42 Å². The lowest BCUT2D eigenvalue weighted by Crippen LogP contribution is -2.12. The molecule has 0 spiro atoms. The van der Waals surface area contributed by atoms with Gasteiger partial charge in [-0.1, -0.05) is 42.5 Å². The average Bonchev–Trinajstić information content (AvgIpc) is 3.27. The van der Waals surface area contributed by atoms with E-state index in [1.165, 1.54) is 0 Å². The van der Waals surface area contributed by atoms with Crippen molar-refractivity contribution in [3.05, 3.63) is 152 Å². The van der Waals surface area contributed by atoms with Crippen molar-refractivity contribution < 1.29 is 36.8 Å². The molecule has 0 radical (unpaired) electrons. The van der Waals surface area contributed by atoms with Crippen LogP contribution in [0.25, 0.3) is 32.9 Å². The number of benzene rings is 6. The summed E-state index contributed by atoms with van der Waals surface area (Å²) in [4.78, 5) is 8.91. The van der Waals surface area contributed by atoms with Gasteiger partial charge in [0.05, 0.1) is 44.4 Å². The van der Waals surface area contributed by atoms with Gasteiger partial charge in [0.1, 0.15) is 23.0 Å². The quantitative estimate of drug-likeness (QED) is 0.113. The Balaban J connectivity index is 0.000000204. The third-order valence-corrected chi connectivity index (χ3v) is 10.5. The summed E-state index contributed by atoms with van der Waals surface area (Å²) in [6.07, 6.45) is 3.34. The van der Waals surface area contributed by atoms with Gasteiger partial charge in [-0.2, -0.15) is 0 Å². The molecule has 2 heterocycles. The third kappa shape index (κ3) is 9.22. The maximum absolute atomic E-state index is 12.9. The number of rotatable bonds is 12. The van der Waals surface area contributed by atoms with E-state index in [2.05, 4.69) is 14.7 Å². The highest BCUT2D eigenvalue weighted by atomic mass is 32.2. The Labute approximate surface area is 341 Å². The molecule has 6 aromatic carbocycles. The van der Waals surface area contributed by atoms with Gasteiger partial charge >= 0.3 is 0 Å². The van der Waals surface area contributed by atoms with Gasteiger partial charge in [-0.3, -0.25) is 14.7 Å². The van der Waals surface area contributed by atoms with E-state index >= 15 is 0 Å². The summed E-state index contributed by atoms with van der Waals surface area (Å²) in [7, 11) is 2.58. The molecule has 2 aromatic heterocycles. The molecule has 298 valence electrons. The smallest absolute Gasteiger partial charge is 0.261 e. The number of nitrogens with one attached hydrogen (secondary N) is 1. The van der Waals surface area contributed by atoms with Crippen molar-refractivity contribution in [2.24, 2.45) is 0 Å². The monoisotopic (exact) mass is 808 g/mol. The summed E-state index contributed by atoms with van der Waals surface area (Å²) < 4.78 is 61.8. The number of nitrogen functional groups attached to an aromatic ring is 1. The lowest BCUT2D eigenvalue weighted by molar-refractivity contribution is 0.355. The molecule has 0 unspecified atom stereocenters. The number of hydrogen-bond acceptors (Lipinski definition) is 11. The van der Waals surface area contributed by atoms with Gasteiger partial charge < -0.3 is 34.2 Å². The molecule has 3 N–H and O–H groups in total. The second-order valence-corrected chi connectivity index (χ2v) is 14.5. The van der Waals surface area contributed by atoms with Crippen LogP contribution in [0.4, 0.5) is 11.4 Å². The van der Waals surface area contributed by atoms with E-state index in [1.54, 1.807) is 114 Å². The highest BCUT2D eigenvalue weighted by Gasteiger charge is 2.16. The normalized spacial score (nSPS) is 10.9. The highest BCUT2D eigenvalue weighted by molar-refractivity contribution is 7.92. The molecule has 0 bridgehead atoms. The number of anilines is 2. The largest absolute Gasteiger partial charge is 0.493 e. The van der Waals surface area contributed by atoms with Crippen LogP contribution in [0.2, 0.25) is 0 Å². The first-order chi connectivity index (χ1) is 28.7. The Hall–Kier alpha value is -7.51. The van der Waals surface area contributed by atoms with E-state index in [0.717, 1.165) is 27.4 Å². The van der Waals surface area contributed by atoms with E-state index in [0.29, 0.717) is 62.9 Å². The van der Waals surface area contributed by atoms with Crippen molar-refractivity contribution >= 4 is 43.2 Å². The fourth-order valence-corrected chi connectivity index (χ4v) is 7.18. The predicted octanol–water partition coefficient (Wildman–Crippen LogP) is 10.1. The van der Waals surface area contributed by atoms with E-state index in [1.807, 2.05) is 66.7 Å². The molecule has 59 heavy (non-hydrogen) atoms.